The van der Waals surface area contributed by atoms with Crippen LogP contribution < -0.4 is 35.2 Å². The average molecular weight is 538 g/mol. The molecule has 0 atom stereocenters. The fourth-order valence-corrected chi connectivity index (χ4v) is 4.17. The summed E-state index contributed by atoms with van der Waals surface area (Å²) >= 11 is 0. The Kier molecular flexibility index (Phi) is 16.1. The number of benzene rings is 4. The topological polar surface area (TPSA) is 40.9 Å². The largest absolute Gasteiger partial charge is 4.00 e. The third kappa shape index (κ3) is 9.92. The van der Waals surface area contributed by atoms with Gasteiger partial charge in [0, 0.05) is 5.91 Å². The van der Waals surface area contributed by atoms with Crippen molar-refractivity contribution in [1.29, 1.82) is 0 Å². The third-order valence-corrected chi connectivity index (χ3v) is 5.92. The fraction of sp³-hybridized carbons (Fsp3) is 0.0714. The average Bonchev–Trinajstić information content (AvgIpc) is 3.20. The van der Waals surface area contributed by atoms with E-state index in [1.165, 1.54) is 31.9 Å². The van der Waals surface area contributed by atoms with Crippen LogP contribution in [-0.4, -0.2) is 15.4 Å². The second-order valence-corrected chi connectivity index (χ2v) is 8.36. The zero-order chi connectivity index (χ0) is 21.9. The van der Waals surface area contributed by atoms with E-state index in [4.69, 9.17) is 5.73 Å². The van der Waals surface area contributed by atoms with Crippen LogP contribution in [0.4, 0.5) is 0 Å². The summed E-state index contributed by atoms with van der Waals surface area (Å²) in [5.41, 5.74) is 6.19. The molecule has 5 aromatic rings. The predicted octanol–water partition coefficient (Wildman–Crippen LogP) is 0.0342. The Morgan fingerprint density at radius 3 is 1.35 bits per heavy atom. The van der Waals surface area contributed by atoms with Crippen molar-refractivity contribution in [2.75, 3.05) is 0 Å². The second-order valence-electron chi connectivity index (χ2n) is 6.95. The van der Waals surface area contributed by atoms with Gasteiger partial charge in [-0.05, 0) is 6.42 Å². The van der Waals surface area contributed by atoms with Crippen molar-refractivity contribution in [2.45, 2.75) is 13.3 Å². The van der Waals surface area contributed by atoms with Crippen molar-refractivity contribution >= 4 is 47.3 Å². The molecule has 5 aromatic carbocycles. The van der Waals surface area contributed by atoms with Crippen molar-refractivity contribution in [2.24, 2.45) is 0 Å². The van der Waals surface area contributed by atoms with E-state index in [0.717, 1.165) is 9.52 Å². The van der Waals surface area contributed by atoms with E-state index >= 15 is 0 Å². The summed E-state index contributed by atoms with van der Waals surface area (Å²) in [6.45, 7) is 1.66. The molecule has 1 N–H and O–H groups in total. The van der Waals surface area contributed by atoms with Crippen molar-refractivity contribution < 1.29 is 51.3 Å². The molecule has 34 heavy (non-hydrogen) atoms. The summed E-state index contributed by atoms with van der Waals surface area (Å²) in [5.74, 6) is -0.495. The minimum atomic E-state index is -0.495. The van der Waals surface area contributed by atoms with Crippen molar-refractivity contribution in [3.8, 4) is 0 Å². The first-order valence-corrected chi connectivity index (χ1v) is 11.3. The van der Waals surface area contributed by atoms with Crippen molar-refractivity contribution in [3.63, 3.8) is 0 Å². The van der Waals surface area contributed by atoms with Crippen molar-refractivity contribution in [3.05, 3.63) is 121 Å². The molecule has 1 amide bonds. The molecule has 0 saturated heterocycles. The van der Waals surface area contributed by atoms with Gasteiger partial charge >= 0.3 is 21.7 Å². The van der Waals surface area contributed by atoms with E-state index in [9.17, 15) is 4.79 Å². The van der Waals surface area contributed by atoms with Crippen molar-refractivity contribution in [1.82, 2.24) is 0 Å². The van der Waals surface area contributed by atoms with Crippen LogP contribution in [0.15, 0.2) is 115 Å². The summed E-state index contributed by atoms with van der Waals surface area (Å²) in [6.07, 6.45) is 0.333. The Hall–Kier alpha value is -2.27. The maximum absolute atomic E-state index is 9.48. The molecule has 2 nitrogen and oxygen atoms in total. The maximum Gasteiger partial charge on any atom is 4.00 e. The Morgan fingerprint density at radius 1 is 0.676 bits per heavy atom. The summed E-state index contributed by atoms with van der Waals surface area (Å²) in [5, 5.41) is 8.19. The van der Waals surface area contributed by atoms with Crippen LogP contribution >= 0.6 is 0 Å². The molecule has 5 rings (SSSR count). The van der Waals surface area contributed by atoms with E-state index in [0.29, 0.717) is 6.42 Å². The number of fused-ring (bicyclic) bond motifs is 3. The van der Waals surface area contributed by atoms with Gasteiger partial charge in [0.2, 0.25) is 0 Å². The second kappa shape index (κ2) is 17.2. The van der Waals surface area contributed by atoms with Crippen LogP contribution in [0.5, 0.6) is 0 Å². The van der Waals surface area contributed by atoms with Gasteiger partial charge in [0.15, 0.2) is 0 Å². The molecule has 6 heteroatoms. The monoisotopic (exact) mass is 537 g/mol. The van der Waals surface area contributed by atoms with Gasteiger partial charge in [-0.1, -0.05) is 114 Å². The molecule has 0 heterocycles. The molecule has 0 spiro atoms. The van der Waals surface area contributed by atoms with Gasteiger partial charge < -0.3 is 35.3 Å². The van der Waals surface area contributed by atoms with Gasteiger partial charge in [-0.2, -0.15) is 0 Å². The van der Waals surface area contributed by atoms with Gasteiger partial charge in [-0.3, -0.25) is 0 Å². The molecule has 0 unspecified atom stereocenters. The van der Waals surface area contributed by atoms with Crippen LogP contribution in [0, 0.1) is 0 Å². The van der Waals surface area contributed by atoms with Gasteiger partial charge in [-0.25, -0.2) is 0 Å². The zero-order valence-electron chi connectivity index (χ0n) is 18.8. The molecular weight excluding hydrogens is 513 g/mol. The first kappa shape index (κ1) is 31.7. The van der Waals surface area contributed by atoms with E-state index in [2.05, 4.69) is 115 Å². The van der Waals surface area contributed by atoms with Crippen LogP contribution in [0.3, 0.4) is 0 Å². The number of nitrogens with one attached hydrogen (secondary N) is 1. The number of carbonyl (C=O) groups excluding carboxylic acids is 1. The SMILES string of the molecule is CCC([NH-])=O.[Cl-].[Cl-].[Ti+4].c1ccc([Si]c2ccccc2)cc1.c1ccc2c(c1)[cH-]c1ccccc12. The molecule has 2 radical (unpaired) electrons. The summed E-state index contributed by atoms with van der Waals surface area (Å²) in [6, 6.07) is 40.4. The molecule has 0 aliphatic carbocycles. The zero-order valence-corrected chi connectivity index (χ0v) is 22.9. The Morgan fingerprint density at radius 2 is 1.00 bits per heavy atom. The number of hydrogen-bond acceptors (Lipinski definition) is 1. The molecule has 170 valence electrons. The summed E-state index contributed by atoms with van der Waals surface area (Å²) in [7, 11) is 0.777. The van der Waals surface area contributed by atoms with E-state index in [-0.39, 0.29) is 46.5 Å². The van der Waals surface area contributed by atoms with Crippen LogP contribution in [0.1, 0.15) is 13.3 Å². The fourth-order valence-electron chi connectivity index (χ4n) is 3.11. The Bertz CT molecular complexity index is 1140. The quantitative estimate of drug-likeness (QED) is 0.236. The normalized spacial score (nSPS) is 9.09. The first-order valence-electron chi connectivity index (χ1n) is 10.3. The molecule has 0 bridgehead atoms. The molecule has 0 fully saturated rings. The third-order valence-electron chi connectivity index (χ3n) is 4.68. The minimum Gasteiger partial charge on any atom is -1.00 e. The number of rotatable bonds is 3. The van der Waals surface area contributed by atoms with E-state index in [1.807, 2.05) is 0 Å². The van der Waals surface area contributed by atoms with Gasteiger partial charge in [-0.15, -0.1) is 39.7 Å². The molecular formula is C28H25Cl2NOSiTi. The first-order chi connectivity index (χ1) is 15.2. The predicted molar refractivity (Wildman–Crippen MR) is 135 cm³/mol. The number of amides is 1. The molecule has 0 aromatic heterocycles. The van der Waals surface area contributed by atoms with Crippen LogP contribution in [0.25, 0.3) is 27.3 Å². The van der Waals surface area contributed by atoms with Gasteiger partial charge in [0.05, 0.1) is 0 Å². The summed E-state index contributed by atoms with van der Waals surface area (Å²) < 4.78 is 0. The number of carbonyl (C=O) groups is 1. The van der Waals surface area contributed by atoms with Gasteiger partial charge in [0.1, 0.15) is 9.52 Å². The Labute approximate surface area is 231 Å². The molecule has 0 aliphatic heterocycles. The van der Waals surface area contributed by atoms with E-state index < -0.39 is 5.91 Å². The van der Waals surface area contributed by atoms with Gasteiger partial charge in [0.25, 0.3) is 0 Å². The maximum atomic E-state index is 9.48. The Balaban J connectivity index is 0.000000501. The molecule has 0 aliphatic rings. The smallest absolute Gasteiger partial charge is 1.00 e. The van der Waals surface area contributed by atoms with E-state index in [1.54, 1.807) is 6.92 Å². The van der Waals surface area contributed by atoms with Crippen LogP contribution in [-0.2, 0) is 26.5 Å². The minimum absolute atomic E-state index is 0. The molecule has 0 saturated carbocycles. The number of halogens is 2. The number of hydrogen-bond donors (Lipinski definition) is 0. The van der Waals surface area contributed by atoms with Crippen LogP contribution in [0.2, 0.25) is 0 Å². The summed E-state index contributed by atoms with van der Waals surface area (Å²) in [4.78, 5) is 9.48. The standard InChI is InChI=1S/C13H9.C12H10Si.C3H7NO.2ClH.Ti/c1-3-7-12-10(5-1)9-11-6-2-4-8-13(11)12;1-3-7-11(8-4-1)13-12-9-5-2-6-10-12;1-2-3(4)5;;;/h1-9H;1-10H;2H2,1H3,(H2,4,5);2*1H;/q-1;;;;;+4/p-3.